The molecule has 0 saturated carbocycles. The highest BCUT2D eigenvalue weighted by atomic mass is 35.5. The molecule has 0 radical (unpaired) electrons. The van der Waals surface area contributed by atoms with Gasteiger partial charge in [0.05, 0.1) is 16.4 Å². The fraction of sp³-hybridized carbons (Fsp3) is 0.500. The lowest BCUT2D eigenvalue weighted by molar-refractivity contribution is 0.280. The van der Waals surface area contributed by atoms with Crippen LogP contribution in [0.5, 0.6) is 0 Å². The van der Waals surface area contributed by atoms with Crippen LogP contribution in [0.25, 0.3) is 0 Å². The molecule has 1 aliphatic heterocycles. The van der Waals surface area contributed by atoms with Crippen molar-refractivity contribution >= 4 is 22.2 Å². The average Bonchev–Trinajstić information content (AvgIpc) is 2.39. The maximum Gasteiger partial charge on any atom is 0.175 e. The van der Waals surface area contributed by atoms with E-state index in [1.54, 1.807) is 12.1 Å². The monoisotopic (exact) mass is 314 g/mol. The third-order valence-electron chi connectivity index (χ3n) is 3.69. The van der Waals surface area contributed by atoms with Gasteiger partial charge in [-0.3, -0.25) is 0 Å². The molecule has 2 rings (SSSR count). The van der Waals surface area contributed by atoms with Gasteiger partial charge in [-0.2, -0.15) is 5.26 Å². The molecule has 0 atom stereocenters. The van der Waals surface area contributed by atoms with E-state index >= 15 is 0 Å². The molecule has 1 fully saturated rings. The first-order valence-corrected chi connectivity index (χ1v) is 8.25. The lowest BCUT2D eigenvalue weighted by atomic mass is 9.75. The summed E-state index contributed by atoms with van der Waals surface area (Å²) in [5.74, 6) is 0. The van der Waals surface area contributed by atoms with E-state index in [4.69, 9.17) is 0 Å². The van der Waals surface area contributed by atoms with Crippen LogP contribution in [-0.2, 0) is 16.3 Å². The van der Waals surface area contributed by atoms with Gasteiger partial charge in [-0.1, -0.05) is 12.1 Å². The summed E-state index contributed by atoms with van der Waals surface area (Å²) in [5, 5.41) is 12.7. The van der Waals surface area contributed by atoms with Gasteiger partial charge in [-0.15, -0.1) is 12.4 Å². The lowest BCUT2D eigenvalue weighted by Crippen LogP contribution is -2.37. The Kier molecular flexibility index (Phi) is 5.58. The average molecular weight is 315 g/mol. The number of hydrogen-bond acceptors (Lipinski definition) is 4. The van der Waals surface area contributed by atoms with Gasteiger partial charge in [0.1, 0.15) is 0 Å². The van der Waals surface area contributed by atoms with E-state index in [2.05, 4.69) is 11.4 Å². The van der Waals surface area contributed by atoms with Crippen LogP contribution in [0.2, 0.25) is 0 Å². The number of rotatable bonds is 3. The van der Waals surface area contributed by atoms with Gasteiger partial charge in [0.25, 0.3) is 0 Å². The summed E-state index contributed by atoms with van der Waals surface area (Å²) in [7, 11) is -3.15. The highest BCUT2D eigenvalue weighted by molar-refractivity contribution is 7.90. The van der Waals surface area contributed by atoms with Crippen molar-refractivity contribution in [2.75, 3.05) is 19.3 Å². The van der Waals surface area contributed by atoms with Crippen LogP contribution in [0.3, 0.4) is 0 Å². The highest BCUT2D eigenvalue weighted by Gasteiger charge is 2.32. The molecule has 0 amide bonds. The molecule has 0 unspecified atom stereocenters. The summed E-state index contributed by atoms with van der Waals surface area (Å²) in [4.78, 5) is 0.326. The number of nitriles is 1. The maximum atomic E-state index is 11.4. The first-order valence-electron chi connectivity index (χ1n) is 6.36. The molecule has 0 spiro atoms. The zero-order valence-electron chi connectivity index (χ0n) is 11.4. The van der Waals surface area contributed by atoms with E-state index in [0.29, 0.717) is 11.3 Å². The Labute approximate surface area is 126 Å². The number of sulfone groups is 1. The molecular weight excluding hydrogens is 296 g/mol. The molecule has 1 N–H and O–H groups in total. The molecule has 0 aromatic heterocycles. The minimum Gasteiger partial charge on any atom is -0.317 e. The zero-order chi connectivity index (χ0) is 13.9. The summed E-state index contributed by atoms with van der Waals surface area (Å²) in [6.07, 6.45) is 3.58. The molecule has 1 aromatic rings. The van der Waals surface area contributed by atoms with Gasteiger partial charge >= 0.3 is 0 Å². The van der Waals surface area contributed by atoms with Crippen LogP contribution in [-0.4, -0.2) is 27.8 Å². The third kappa shape index (κ3) is 3.95. The molecule has 1 aromatic carbocycles. The molecule has 20 heavy (non-hydrogen) atoms. The Morgan fingerprint density at radius 2 is 1.80 bits per heavy atom. The Morgan fingerprint density at radius 3 is 2.25 bits per heavy atom. The molecule has 1 heterocycles. The third-order valence-corrected chi connectivity index (χ3v) is 4.82. The number of halogens is 1. The van der Waals surface area contributed by atoms with Crippen LogP contribution in [0.1, 0.15) is 18.4 Å². The smallest absolute Gasteiger partial charge is 0.175 e. The fourth-order valence-corrected chi connectivity index (χ4v) is 3.11. The van der Waals surface area contributed by atoms with Gasteiger partial charge in [0, 0.05) is 6.26 Å². The van der Waals surface area contributed by atoms with Crippen LogP contribution in [0.15, 0.2) is 29.2 Å². The Hall–Kier alpha value is -1.09. The van der Waals surface area contributed by atoms with Crippen molar-refractivity contribution in [1.29, 1.82) is 5.26 Å². The normalized spacial score (nSPS) is 17.8. The second kappa shape index (κ2) is 6.57. The van der Waals surface area contributed by atoms with E-state index in [9.17, 15) is 13.7 Å². The van der Waals surface area contributed by atoms with Crippen molar-refractivity contribution in [3.63, 3.8) is 0 Å². The molecule has 0 aliphatic carbocycles. The van der Waals surface area contributed by atoms with Crippen molar-refractivity contribution in [2.24, 2.45) is 5.41 Å². The Morgan fingerprint density at radius 1 is 1.25 bits per heavy atom. The number of hydrogen-bond donors (Lipinski definition) is 1. The SMILES string of the molecule is CS(=O)(=O)c1ccc(CC2(C#N)CCNCC2)cc1.Cl. The van der Waals surface area contributed by atoms with Crippen molar-refractivity contribution in [3.8, 4) is 6.07 Å². The predicted octanol–water partition coefficient (Wildman–Crippen LogP) is 1.95. The first kappa shape index (κ1) is 17.0. The van der Waals surface area contributed by atoms with Crippen molar-refractivity contribution in [2.45, 2.75) is 24.2 Å². The molecule has 1 saturated heterocycles. The van der Waals surface area contributed by atoms with Gasteiger partial charge in [-0.25, -0.2) is 8.42 Å². The largest absolute Gasteiger partial charge is 0.317 e. The highest BCUT2D eigenvalue weighted by Crippen LogP contribution is 2.32. The van der Waals surface area contributed by atoms with E-state index < -0.39 is 9.84 Å². The van der Waals surface area contributed by atoms with E-state index in [1.807, 2.05) is 12.1 Å². The van der Waals surface area contributed by atoms with Gasteiger partial charge in [0.2, 0.25) is 0 Å². The summed E-state index contributed by atoms with van der Waals surface area (Å²) in [6.45, 7) is 1.74. The van der Waals surface area contributed by atoms with E-state index in [-0.39, 0.29) is 17.8 Å². The van der Waals surface area contributed by atoms with Crippen molar-refractivity contribution < 1.29 is 8.42 Å². The zero-order valence-corrected chi connectivity index (χ0v) is 13.1. The molecular formula is C14H19ClN2O2S. The lowest BCUT2D eigenvalue weighted by Gasteiger charge is -2.31. The van der Waals surface area contributed by atoms with E-state index in [1.165, 1.54) is 6.26 Å². The quantitative estimate of drug-likeness (QED) is 0.925. The standard InChI is InChI=1S/C14H18N2O2S.ClH/c1-19(17,18)13-4-2-12(3-5-13)10-14(11-15)6-8-16-9-7-14;/h2-5,16H,6-10H2,1H3;1H. The van der Waals surface area contributed by atoms with Gasteiger partial charge in [-0.05, 0) is 50.0 Å². The van der Waals surface area contributed by atoms with Crippen LogP contribution in [0, 0.1) is 16.7 Å². The fourth-order valence-electron chi connectivity index (χ4n) is 2.48. The molecule has 110 valence electrons. The minimum atomic E-state index is -3.15. The second-order valence-electron chi connectivity index (χ2n) is 5.24. The minimum absolute atomic E-state index is 0. The molecule has 6 heteroatoms. The van der Waals surface area contributed by atoms with Crippen molar-refractivity contribution in [3.05, 3.63) is 29.8 Å². The molecule has 0 bridgehead atoms. The summed E-state index contributed by atoms with van der Waals surface area (Å²) in [5.41, 5.74) is 0.716. The summed E-state index contributed by atoms with van der Waals surface area (Å²) >= 11 is 0. The van der Waals surface area contributed by atoms with E-state index in [0.717, 1.165) is 31.5 Å². The number of nitrogens with zero attached hydrogens (tertiary/aromatic N) is 1. The Bertz CT molecular complexity index is 585. The molecule has 1 aliphatic rings. The number of benzene rings is 1. The number of nitrogens with one attached hydrogen (secondary N) is 1. The van der Waals surface area contributed by atoms with Gasteiger partial charge in [0.15, 0.2) is 9.84 Å². The first-order chi connectivity index (χ1) is 8.95. The summed E-state index contributed by atoms with van der Waals surface area (Å²) in [6, 6.07) is 9.33. The van der Waals surface area contributed by atoms with Crippen LogP contribution in [0.4, 0.5) is 0 Å². The van der Waals surface area contributed by atoms with Gasteiger partial charge < -0.3 is 5.32 Å². The van der Waals surface area contributed by atoms with Crippen LogP contribution >= 0.6 is 12.4 Å². The Balaban J connectivity index is 0.00000200. The topological polar surface area (TPSA) is 70.0 Å². The molecule has 4 nitrogen and oxygen atoms in total. The number of piperidine rings is 1. The maximum absolute atomic E-state index is 11.4. The van der Waals surface area contributed by atoms with Crippen molar-refractivity contribution in [1.82, 2.24) is 5.32 Å². The predicted molar refractivity (Wildman–Crippen MR) is 80.7 cm³/mol. The van der Waals surface area contributed by atoms with Crippen LogP contribution < -0.4 is 5.32 Å². The summed E-state index contributed by atoms with van der Waals surface area (Å²) < 4.78 is 22.8. The second-order valence-corrected chi connectivity index (χ2v) is 7.25.